The van der Waals surface area contributed by atoms with Gasteiger partial charge in [0.2, 0.25) is 0 Å². The number of nitrogens with zero attached hydrogens (tertiary/aromatic N) is 3. The third-order valence-electron chi connectivity index (χ3n) is 3.55. The van der Waals surface area contributed by atoms with Crippen molar-refractivity contribution in [2.45, 2.75) is 18.9 Å². The highest BCUT2D eigenvalue weighted by Crippen LogP contribution is 2.29. The first-order chi connectivity index (χ1) is 8.97. The number of rotatable bonds is 4. The number of hydrogen-bond donors (Lipinski definition) is 1. The van der Waals surface area contributed by atoms with Gasteiger partial charge in [-0.3, -0.25) is 9.78 Å². The van der Waals surface area contributed by atoms with Crippen LogP contribution in [0.2, 0.25) is 0 Å². The van der Waals surface area contributed by atoms with Gasteiger partial charge in [0.25, 0.3) is 5.91 Å². The van der Waals surface area contributed by atoms with Crippen LogP contribution in [-0.2, 0) is 0 Å². The molecule has 1 aliphatic rings. The van der Waals surface area contributed by atoms with Gasteiger partial charge in [0.15, 0.2) is 0 Å². The molecule has 0 aliphatic heterocycles. The molecule has 1 fully saturated rings. The van der Waals surface area contributed by atoms with E-state index in [-0.39, 0.29) is 12.0 Å². The highest BCUT2D eigenvalue weighted by molar-refractivity contribution is 5.92. The molecule has 1 amide bonds. The van der Waals surface area contributed by atoms with Gasteiger partial charge in [-0.15, -0.1) is 0 Å². The van der Waals surface area contributed by atoms with E-state index in [2.05, 4.69) is 9.88 Å². The highest BCUT2D eigenvalue weighted by atomic mass is 16.3. The molecular formula is C14H21N3O2. The zero-order valence-electron chi connectivity index (χ0n) is 11.7. The number of pyridine rings is 1. The Balaban J connectivity index is 2.03. The lowest BCUT2D eigenvalue weighted by Gasteiger charge is -2.35. The molecule has 0 unspecified atom stereocenters. The summed E-state index contributed by atoms with van der Waals surface area (Å²) in [5.74, 6) is 0.454. The monoisotopic (exact) mass is 263 g/mol. The molecule has 0 radical (unpaired) electrons. The van der Waals surface area contributed by atoms with Crippen molar-refractivity contribution in [3.63, 3.8) is 0 Å². The summed E-state index contributed by atoms with van der Waals surface area (Å²) in [7, 11) is 5.44. The first-order valence-electron chi connectivity index (χ1n) is 6.54. The maximum Gasteiger partial charge on any atom is 0.272 e. The minimum Gasteiger partial charge on any atom is -0.393 e. The second kappa shape index (κ2) is 5.57. The first-order valence-corrected chi connectivity index (χ1v) is 6.54. The maximum atomic E-state index is 11.9. The van der Waals surface area contributed by atoms with Crippen molar-refractivity contribution in [2.24, 2.45) is 5.92 Å². The average Bonchev–Trinajstić information content (AvgIpc) is 2.36. The summed E-state index contributed by atoms with van der Waals surface area (Å²) >= 11 is 0. The van der Waals surface area contributed by atoms with Crippen LogP contribution in [-0.4, -0.2) is 54.7 Å². The molecule has 1 N–H and O–H groups in total. The number of aliphatic hydroxyl groups excluding tert-OH is 1. The largest absolute Gasteiger partial charge is 0.393 e. The predicted octanol–water partition coefficient (Wildman–Crippen LogP) is 0.990. The Morgan fingerprint density at radius 1 is 1.42 bits per heavy atom. The van der Waals surface area contributed by atoms with Crippen molar-refractivity contribution in [1.82, 2.24) is 9.88 Å². The van der Waals surface area contributed by atoms with E-state index in [1.807, 2.05) is 19.2 Å². The van der Waals surface area contributed by atoms with Crippen LogP contribution in [0.3, 0.4) is 0 Å². The second-order valence-corrected chi connectivity index (χ2v) is 5.47. The third-order valence-corrected chi connectivity index (χ3v) is 3.55. The number of aromatic nitrogens is 1. The zero-order chi connectivity index (χ0) is 14.0. The fourth-order valence-corrected chi connectivity index (χ4v) is 2.35. The second-order valence-electron chi connectivity index (χ2n) is 5.47. The Kier molecular flexibility index (Phi) is 4.04. The van der Waals surface area contributed by atoms with Gasteiger partial charge in [-0.05, 0) is 30.9 Å². The van der Waals surface area contributed by atoms with Gasteiger partial charge in [0, 0.05) is 39.6 Å². The summed E-state index contributed by atoms with van der Waals surface area (Å²) in [6.45, 7) is 0.899. The van der Waals surface area contributed by atoms with Crippen LogP contribution in [0.1, 0.15) is 23.3 Å². The zero-order valence-corrected chi connectivity index (χ0v) is 11.7. The van der Waals surface area contributed by atoms with Gasteiger partial charge >= 0.3 is 0 Å². The van der Waals surface area contributed by atoms with Crippen LogP contribution in [0.15, 0.2) is 18.3 Å². The minimum absolute atomic E-state index is 0.0886. The molecular weight excluding hydrogens is 242 g/mol. The van der Waals surface area contributed by atoms with Crippen molar-refractivity contribution in [2.75, 3.05) is 32.6 Å². The molecule has 1 aromatic rings. The standard InChI is InChI=1S/C14H21N3O2/c1-16(2)14(19)13-8-11(4-5-15-13)17(3)9-10-6-12(18)7-10/h4-5,8,10,12,18H,6-7,9H2,1-3H3. The van der Waals surface area contributed by atoms with E-state index in [4.69, 9.17) is 0 Å². The summed E-state index contributed by atoms with van der Waals surface area (Å²) in [6.07, 6.45) is 3.29. The number of anilines is 1. The predicted molar refractivity (Wildman–Crippen MR) is 74.3 cm³/mol. The molecule has 1 heterocycles. The number of carbonyl (C=O) groups is 1. The van der Waals surface area contributed by atoms with Crippen LogP contribution in [0.4, 0.5) is 5.69 Å². The van der Waals surface area contributed by atoms with Crippen LogP contribution < -0.4 is 4.90 Å². The van der Waals surface area contributed by atoms with E-state index in [0.29, 0.717) is 11.6 Å². The van der Waals surface area contributed by atoms with Gasteiger partial charge in [0.1, 0.15) is 5.69 Å². The van der Waals surface area contributed by atoms with Crippen molar-refractivity contribution >= 4 is 11.6 Å². The molecule has 104 valence electrons. The third kappa shape index (κ3) is 3.23. The Hall–Kier alpha value is -1.62. The molecule has 0 spiro atoms. The maximum absolute atomic E-state index is 11.9. The molecule has 5 heteroatoms. The van der Waals surface area contributed by atoms with E-state index in [0.717, 1.165) is 25.1 Å². The van der Waals surface area contributed by atoms with Crippen LogP contribution in [0, 0.1) is 5.92 Å². The molecule has 0 aromatic carbocycles. The van der Waals surface area contributed by atoms with Gasteiger partial charge in [-0.2, -0.15) is 0 Å². The lowest BCUT2D eigenvalue weighted by Crippen LogP contribution is -2.37. The molecule has 19 heavy (non-hydrogen) atoms. The molecule has 1 saturated carbocycles. The summed E-state index contributed by atoms with van der Waals surface area (Å²) in [5, 5.41) is 9.30. The van der Waals surface area contributed by atoms with Gasteiger partial charge in [-0.1, -0.05) is 0 Å². The van der Waals surface area contributed by atoms with E-state index in [1.54, 1.807) is 20.3 Å². The molecule has 1 aliphatic carbocycles. The highest BCUT2D eigenvalue weighted by Gasteiger charge is 2.28. The van der Waals surface area contributed by atoms with Crippen molar-refractivity contribution in [3.05, 3.63) is 24.0 Å². The molecule has 2 rings (SSSR count). The summed E-state index contributed by atoms with van der Waals surface area (Å²) in [5.41, 5.74) is 1.45. The van der Waals surface area contributed by atoms with E-state index >= 15 is 0 Å². The average molecular weight is 263 g/mol. The van der Waals surface area contributed by atoms with Gasteiger partial charge < -0.3 is 14.9 Å². The summed E-state index contributed by atoms with van der Waals surface area (Å²) in [4.78, 5) is 19.6. The Bertz CT molecular complexity index is 456. The summed E-state index contributed by atoms with van der Waals surface area (Å²) < 4.78 is 0. The number of aliphatic hydroxyl groups is 1. The van der Waals surface area contributed by atoms with Crippen molar-refractivity contribution in [1.29, 1.82) is 0 Å². The number of carbonyl (C=O) groups excluding carboxylic acids is 1. The normalized spacial score (nSPS) is 21.7. The molecule has 0 atom stereocenters. The smallest absolute Gasteiger partial charge is 0.272 e. The van der Waals surface area contributed by atoms with Crippen LogP contribution in [0.25, 0.3) is 0 Å². The van der Waals surface area contributed by atoms with Gasteiger partial charge in [0.05, 0.1) is 6.10 Å². The molecule has 5 nitrogen and oxygen atoms in total. The Labute approximate surface area is 113 Å². The van der Waals surface area contributed by atoms with Crippen molar-refractivity contribution in [3.8, 4) is 0 Å². The summed E-state index contributed by atoms with van der Waals surface area (Å²) in [6, 6.07) is 3.72. The van der Waals surface area contributed by atoms with E-state index in [1.165, 1.54) is 4.90 Å². The number of amides is 1. The molecule has 0 saturated heterocycles. The Morgan fingerprint density at radius 3 is 2.68 bits per heavy atom. The number of hydrogen-bond acceptors (Lipinski definition) is 4. The Morgan fingerprint density at radius 2 is 2.11 bits per heavy atom. The first kappa shape index (κ1) is 13.8. The van der Waals surface area contributed by atoms with E-state index < -0.39 is 0 Å². The molecule has 0 bridgehead atoms. The SMILES string of the molecule is CN(C)C(=O)c1cc(N(C)CC2CC(O)C2)ccn1. The lowest BCUT2D eigenvalue weighted by atomic mass is 9.82. The minimum atomic E-state index is -0.123. The fourth-order valence-electron chi connectivity index (χ4n) is 2.35. The van der Waals surface area contributed by atoms with Crippen LogP contribution in [0.5, 0.6) is 0 Å². The van der Waals surface area contributed by atoms with Crippen LogP contribution >= 0.6 is 0 Å². The van der Waals surface area contributed by atoms with E-state index in [9.17, 15) is 9.90 Å². The fraction of sp³-hybridized carbons (Fsp3) is 0.571. The van der Waals surface area contributed by atoms with Gasteiger partial charge in [-0.25, -0.2) is 0 Å². The van der Waals surface area contributed by atoms with Crippen molar-refractivity contribution < 1.29 is 9.90 Å². The molecule has 1 aromatic heterocycles. The lowest BCUT2D eigenvalue weighted by molar-refractivity contribution is 0.0465. The topological polar surface area (TPSA) is 56.7 Å². The quantitative estimate of drug-likeness (QED) is 0.880.